The minimum Gasteiger partial charge on any atom is -0.493 e. The van der Waals surface area contributed by atoms with E-state index in [1.165, 1.54) is 42.8 Å². The molecular formula is C19H22FNO5S. The zero-order chi connectivity index (χ0) is 19.6. The Morgan fingerprint density at radius 2 is 1.70 bits per heavy atom. The molecule has 1 saturated heterocycles. The van der Waals surface area contributed by atoms with Crippen molar-refractivity contribution in [1.82, 2.24) is 4.31 Å². The Labute approximate surface area is 158 Å². The lowest BCUT2D eigenvalue weighted by molar-refractivity contribution is -0.0557. The van der Waals surface area contributed by atoms with Crippen LogP contribution in [-0.4, -0.2) is 46.1 Å². The molecule has 2 atom stereocenters. The maximum absolute atomic E-state index is 13.2. The average Bonchev–Trinajstić information content (AvgIpc) is 2.67. The number of benzene rings is 2. The second kappa shape index (κ2) is 7.84. The van der Waals surface area contributed by atoms with Gasteiger partial charge in [-0.1, -0.05) is 12.1 Å². The van der Waals surface area contributed by atoms with Crippen LogP contribution in [-0.2, 0) is 14.8 Å². The molecular weight excluding hydrogens is 373 g/mol. The van der Waals surface area contributed by atoms with E-state index in [1.807, 2.05) is 6.92 Å². The van der Waals surface area contributed by atoms with Crippen LogP contribution < -0.4 is 9.47 Å². The summed E-state index contributed by atoms with van der Waals surface area (Å²) in [6.07, 6.45) is -0.770. The highest BCUT2D eigenvalue weighted by Crippen LogP contribution is 2.33. The molecule has 2 aromatic carbocycles. The highest BCUT2D eigenvalue weighted by molar-refractivity contribution is 7.89. The standard InChI is InChI=1S/C19H22FNO5S/c1-13-11-21(12-19(26-13)14-4-6-15(20)7-5-14)27(22,23)16-8-9-17(24-2)18(10-16)25-3/h4-10,13,19H,11-12H2,1-3H3. The maximum atomic E-state index is 13.2. The fourth-order valence-corrected chi connectivity index (χ4v) is 4.63. The van der Waals surface area contributed by atoms with Gasteiger partial charge < -0.3 is 14.2 Å². The summed E-state index contributed by atoms with van der Waals surface area (Å²) >= 11 is 0. The van der Waals surface area contributed by atoms with Crippen LogP contribution in [0.5, 0.6) is 11.5 Å². The molecule has 0 aromatic heterocycles. The Bertz CT molecular complexity index is 901. The van der Waals surface area contributed by atoms with Crippen LogP contribution in [0, 0.1) is 5.82 Å². The predicted octanol–water partition coefficient (Wildman–Crippen LogP) is 2.99. The quantitative estimate of drug-likeness (QED) is 0.779. The summed E-state index contributed by atoms with van der Waals surface area (Å²) in [6.45, 7) is 2.19. The van der Waals surface area contributed by atoms with Gasteiger partial charge in [0.1, 0.15) is 5.82 Å². The molecule has 0 amide bonds. The van der Waals surface area contributed by atoms with Crippen molar-refractivity contribution in [1.29, 1.82) is 0 Å². The summed E-state index contributed by atoms with van der Waals surface area (Å²) in [5.41, 5.74) is 0.732. The monoisotopic (exact) mass is 395 g/mol. The van der Waals surface area contributed by atoms with Crippen molar-refractivity contribution in [2.45, 2.75) is 24.0 Å². The molecule has 8 heteroatoms. The number of hydrogen-bond donors (Lipinski definition) is 0. The SMILES string of the molecule is COc1ccc(S(=O)(=O)N2CC(C)OC(c3ccc(F)cc3)C2)cc1OC. The lowest BCUT2D eigenvalue weighted by Gasteiger charge is -2.36. The van der Waals surface area contributed by atoms with Crippen LogP contribution in [0.4, 0.5) is 4.39 Å². The number of morpholine rings is 1. The topological polar surface area (TPSA) is 65.1 Å². The second-order valence-corrected chi connectivity index (χ2v) is 8.26. The molecule has 3 rings (SSSR count). The van der Waals surface area contributed by atoms with Gasteiger partial charge in [0.15, 0.2) is 11.5 Å². The summed E-state index contributed by atoms with van der Waals surface area (Å²) in [7, 11) is -0.815. The van der Waals surface area contributed by atoms with Gasteiger partial charge in [-0.3, -0.25) is 0 Å². The first kappa shape index (κ1) is 19.6. The molecule has 1 aliphatic heterocycles. The normalized spacial score (nSPS) is 21.0. The number of halogens is 1. The van der Waals surface area contributed by atoms with Gasteiger partial charge in [0.2, 0.25) is 10.0 Å². The molecule has 0 N–H and O–H groups in total. The molecule has 1 heterocycles. The number of rotatable bonds is 5. The van der Waals surface area contributed by atoms with Crippen LogP contribution in [0.15, 0.2) is 47.4 Å². The molecule has 146 valence electrons. The highest BCUT2D eigenvalue weighted by atomic mass is 32.2. The molecule has 0 bridgehead atoms. The van der Waals surface area contributed by atoms with Gasteiger partial charge in [0, 0.05) is 19.2 Å². The molecule has 1 aliphatic rings. The van der Waals surface area contributed by atoms with Crippen LogP contribution in [0.25, 0.3) is 0 Å². The minimum atomic E-state index is -3.76. The van der Waals surface area contributed by atoms with Gasteiger partial charge in [-0.05, 0) is 36.8 Å². The first-order valence-electron chi connectivity index (χ1n) is 8.48. The molecule has 2 unspecified atom stereocenters. The fraction of sp³-hybridized carbons (Fsp3) is 0.368. The van der Waals surface area contributed by atoms with E-state index in [1.54, 1.807) is 18.2 Å². The van der Waals surface area contributed by atoms with Gasteiger partial charge in [0.05, 0.1) is 31.3 Å². The molecule has 6 nitrogen and oxygen atoms in total. The van der Waals surface area contributed by atoms with Crippen molar-refractivity contribution >= 4 is 10.0 Å². The van der Waals surface area contributed by atoms with Crippen molar-refractivity contribution in [3.8, 4) is 11.5 Å². The van der Waals surface area contributed by atoms with Crippen molar-refractivity contribution in [3.05, 3.63) is 53.8 Å². The van der Waals surface area contributed by atoms with Gasteiger partial charge in [-0.15, -0.1) is 0 Å². The van der Waals surface area contributed by atoms with E-state index in [2.05, 4.69) is 0 Å². The van der Waals surface area contributed by atoms with Gasteiger partial charge in [0.25, 0.3) is 0 Å². The van der Waals surface area contributed by atoms with E-state index < -0.39 is 16.1 Å². The zero-order valence-corrected chi connectivity index (χ0v) is 16.2. The third-order valence-corrected chi connectivity index (χ3v) is 6.29. The molecule has 0 saturated carbocycles. The third kappa shape index (κ3) is 4.07. The molecule has 0 radical (unpaired) electrons. The molecule has 0 aliphatic carbocycles. The number of hydrogen-bond acceptors (Lipinski definition) is 5. The first-order valence-corrected chi connectivity index (χ1v) is 9.92. The summed E-state index contributed by atoms with van der Waals surface area (Å²) in [5, 5.41) is 0. The minimum absolute atomic E-state index is 0.118. The Kier molecular flexibility index (Phi) is 5.69. The Morgan fingerprint density at radius 1 is 1.04 bits per heavy atom. The Balaban J connectivity index is 1.90. The van der Waals surface area contributed by atoms with Crippen LogP contribution in [0.1, 0.15) is 18.6 Å². The first-order chi connectivity index (χ1) is 12.8. The number of sulfonamides is 1. The largest absolute Gasteiger partial charge is 0.493 e. The predicted molar refractivity (Wildman–Crippen MR) is 98.0 cm³/mol. The Hall–Kier alpha value is -2.16. The summed E-state index contributed by atoms with van der Waals surface area (Å²) in [4.78, 5) is 0.118. The zero-order valence-electron chi connectivity index (χ0n) is 15.4. The van der Waals surface area contributed by atoms with E-state index in [-0.39, 0.29) is 29.9 Å². The van der Waals surface area contributed by atoms with Gasteiger partial charge in [-0.25, -0.2) is 12.8 Å². The number of methoxy groups -OCH3 is 2. The maximum Gasteiger partial charge on any atom is 0.243 e. The fourth-order valence-electron chi connectivity index (χ4n) is 3.10. The summed E-state index contributed by atoms with van der Waals surface area (Å²) in [5.74, 6) is 0.448. The third-order valence-electron chi connectivity index (χ3n) is 4.46. The van der Waals surface area contributed by atoms with Crippen LogP contribution >= 0.6 is 0 Å². The van der Waals surface area contributed by atoms with Crippen molar-refractivity contribution in [2.24, 2.45) is 0 Å². The number of ether oxygens (including phenoxy) is 3. The van der Waals surface area contributed by atoms with Crippen molar-refractivity contribution < 1.29 is 27.0 Å². The number of nitrogens with zero attached hydrogens (tertiary/aromatic N) is 1. The highest BCUT2D eigenvalue weighted by Gasteiger charge is 2.35. The molecule has 2 aromatic rings. The van der Waals surface area contributed by atoms with Gasteiger partial charge in [-0.2, -0.15) is 4.31 Å². The summed E-state index contributed by atoms with van der Waals surface area (Å²) in [6, 6.07) is 10.4. The Morgan fingerprint density at radius 3 is 2.33 bits per heavy atom. The summed E-state index contributed by atoms with van der Waals surface area (Å²) < 4.78 is 57.1. The molecule has 0 spiro atoms. The van der Waals surface area contributed by atoms with Gasteiger partial charge >= 0.3 is 0 Å². The second-order valence-electron chi connectivity index (χ2n) is 6.33. The van der Waals surface area contributed by atoms with E-state index >= 15 is 0 Å². The molecule has 27 heavy (non-hydrogen) atoms. The smallest absolute Gasteiger partial charge is 0.243 e. The van der Waals surface area contributed by atoms with Crippen molar-refractivity contribution in [2.75, 3.05) is 27.3 Å². The van der Waals surface area contributed by atoms with Crippen LogP contribution in [0.3, 0.4) is 0 Å². The van der Waals surface area contributed by atoms with E-state index in [9.17, 15) is 12.8 Å². The van der Waals surface area contributed by atoms with Crippen LogP contribution in [0.2, 0.25) is 0 Å². The molecule has 1 fully saturated rings. The van der Waals surface area contributed by atoms with Crippen molar-refractivity contribution in [3.63, 3.8) is 0 Å². The average molecular weight is 395 g/mol. The van der Waals surface area contributed by atoms with E-state index in [4.69, 9.17) is 14.2 Å². The lowest BCUT2D eigenvalue weighted by Crippen LogP contribution is -2.45. The van der Waals surface area contributed by atoms with E-state index in [0.717, 1.165) is 5.56 Å². The van der Waals surface area contributed by atoms with E-state index in [0.29, 0.717) is 11.5 Å². The lowest BCUT2D eigenvalue weighted by atomic mass is 10.1.